The molecule has 2 atom stereocenters. The molecule has 1 aromatic heterocycles. The van der Waals surface area contributed by atoms with Crippen molar-refractivity contribution in [1.29, 1.82) is 0 Å². The molecule has 0 radical (unpaired) electrons. The highest BCUT2D eigenvalue weighted by Gasteiger charge is 2.23. The Kier molecular flexibility index (Phi) is 4.48. The minimum atomic E-state index is 0.0832. The van der Waals surface area contributed by atoms with Gasteiger partial charge in [0, 0.05) is 19.2 Å². The Morgan fingerprint density at radius 3 is 2.61 bits per heavy atom. The molecule has 0 spiro atoms. The van der Waals surface area contributed by atoms with E-state index in [1.807, 2.05) is 17.0 Å². The molecule has 0 bridgehead atoms. The summed E-state index contributed by atoms with van der Waals surface area (Å²) in [4.78, 5) is 14.0. The molecule has 1 fully saturated rings. The Hall–Kier alpha value is -0.780. The maximum absolute atomic E-state index is 12.1. The molecule has 1 aliphatic heterocycles. The molecule has 3 nitrogen and oxygen atoms in total. The largest absolute Gasteiger partial charge is 0.451 e. The molecule has 2 heterocycles. The van der Waals surface area contributed by atoms with E-state index in [1.54, 1.807) is 12.2 Å². The van der Waals surface area contributed by atoms with Gasteiger partial charge in [0.1, 0.15) is 5.76 Å². The summed E-state index contributed by atoms with van der Waals surface area (Å²) in [6.07, 6.45) is 4.57. The number of carbonyl (C=O) groups is 1. The average Bonchev–Trinajstić information content (AvgIpc) is 2.70. The Morgan fingerprint density at radius 2 is 2.06 bits per heavy atom. The second-order valence-corrected chi connectivity index (χ2v) is 6.23. The first kappa shape index (κ1) is 13.6. The number of hydrogen-bond donors (Lipinski definition) is 0. The monoisotopic (exact) mass is 359 g/mol. The maximum Gasteiger partial charge on any atom is 0.246 e. The number of furan rings is 1. The smallest absolute Gasteiger partial charge is 0.246 e. The van der Waals surface area contributed by atoms with Crippen molar-refractivity contribution in [2.75, 3.05) is 13.1 Å². The Labute approximate surface area is 121 Å². The van der Waals surface area contributed by atoms with Gasteiger partial charge in [-0.3, -0.25) is 4.79 Å². The molecule has 2 unspecified atom stereocenters. The van der Waals surface area contributed by atoms with Crippen LogP contribution in [-0.2, 0) is 4.79 Å². The zero-order valence-electron chi connectivity index (χ0n) is 10.7. The van der Waals surface area contributed by atoms with Gasteiger partial charge in [0.2, 0.25) is 5.91 Å². The molecule has 98 valence electrons. The van der Waals surface area contributed by atoms with Crippen LogP contribution >= 0.6 is 22.6 Å². The second-order valence-electron chi connectivity index (χ2n) is 5.16. The third-order valence-corrected chi connectivity index (χ3v) is 3.74. The lowest BCUT2D eigenvalue weighted by Crippen LogP contribution is -2.41. The highest BCUT2D eigenvalue weighted by atomic mass is 127. The van der Waals surface area contributed by atoms with E-state index in [2.05, 4.69) is 36.4 Å². The molecule has 18 heavy (non-hydrogen) atoms. The van der Waals surface area contributed by atoms with Crippen LogP contribution in [0.3, 0.4) is 0 Å². The van der Waals surface area contributed by atoms with E-state index in [0.29, 0.717) is 11.8 Å². The fraction of sp³-hybridized carbons (Fsp3) is 0.500. The van der Waals surface area contributed by atoms with Gasteiger partial charge in [0.05, 0.1) is 0 Å². The maximum atomic E-state index is 12.1. The van der Waals surface area contributed by atoms with Crippen molar-refractivity contribution < 1.29 is 9.21 Å². The van der Waals surface area contributed by atoms with E-state index in [-0.39, 0.29) is 5.91 Å². The summed E-state index contributed by atoms with van der Waals surface area (Å²) in [6.45, 7) is 6.13. The van der Waals surface area contributed by atoms with Gasteiger partial charge in [-0.05, 0) is 59.1 Å². The number of rotatable bonds is 2. The van der Waals surface area contributed by atoms with E-state index in [4.69, 9.17) is 4.42 Å². The van der Waals surface area contributed by atoms with Crippen molar-refractivity contribution in [2.45, 2.75) is 20.3 Å². The zero-order valence-corrected chi connectivity index (χ0v) is 12.9. The Bertz CT molecular complexity index is 442. The number of nitrogens with zero attached hydrogens (tertiary/aromatic N) is 1. The van der Waals surface area contributed by atoms with Gasteiger partial charge in [-0.1, -0.05) is 13.8 Å². The number of carbonyl (C=O) groups excluding carboxylic acids is 1. The normalized spacial score (nSPS) is 24.7. The summed E-state index contributed by atoms with van der Waals surface area (Å²) in [5.41, 5.74) is 0. The fourth-order valence-corrected chi connectivity index (χ4v) is 2.95. The van der Waals surface area contributed by atoms with Crippen LogP contribution in [-0.4, -0.2) is 23.9 Å². The first-order chi connectivity index (χ1) is 8.54. The predicted molar refractivity (Wildman–Crippen MR) is 80.0 cm³/mol. The van der Waals surface area contributed by atoms with E-state index >= 15 is 0 Å². The van der Waals surface area contributed by atoms with E-state index in [0.717, 1.165) is 22.6 Å². The van der Waals surface area contributed by atoms with E-state index in [9.17, 15) is 4.79 Å². The summed E-state index contributed by atoms with van der Waals surface area (Å²) in [5.74, 6) is 2.00. The Morgan fingerprint density at radius 1 is 1.39 bits per heavy atom. The van der Waals surface area contributed by atoms with Gasteiger partial charge in [-0.2, -0.15) is 0 Å². The summed E-state index contributed by atoms with van der Waals surface area (Å²) in [5, 5.41) is 0. The minimum Gasteiger partial charge on any atom is -0.451 e. The van der Waals surface area contributed by atoms with Gasteiger partial charge in [0.25, 0.3) is 0 Å². The van der Waals surface area contributed by atoms with Crippen LogP contribution in [0.4, 0.5) is 0 Å². The lowest BCUT2D eigenvalue weighted by atomic mass is 9.92. The summed E-state index contributed by atoms with van der Waals surface area (Å²) in [7, 11) is 0. The highest BCUT2D eigenvalue weighted by molar-refractivity contribution is 14.1. The third kappa shape index (κ3) is 3.60. The average molecular weight is 359 g/mol. The van der Waals surface area contributed by atoms with Crippen molar-refractivity contribution in [3.05, 3.63) is 27.7 Å². The molecule has 0 aromatic carbocycles. The van der Waals surface area contributed by atoms with Crippen molar-refractivity contribution in [2.24, 2.45) is 11.8 Å². The number of piperidine rings is 1. The quantitative estimate of drug-likeness (QED) is 0.599. The molecular weight excluding hydrogens is 341 g/mol. The number of hydrogen-bond acceptors (Lipinski definition) is 2. The number of halogens is 1. The Balaban J connectivity index is 1.97. The number of amides is 1. The van der Waals surface area contributed by atoms with Gasteiger partial charge in [-0.15, -0.1) is 0 Å². The molecular formula is C14H18INO2. The van der Waals surface area contributed by atoms with Crippen LogP contribution in [0.15, 0.2) is 22.6 Å². The van der Waals surface area contributed by atoms with Gasteiger partial charge >= 0.3 is 0 Å². The molecule has 2 rings (SSSR count). The van der Waals surface area contributed by atoms with Crippen LogP contribution in [0.2, 0.25) is 0 Å². The fourth-order valence-electron chi connectivity index (χ4n) is 2.52. The van der Waals surface area contributed by atoms with Gasteiger partial charge in [0.15, 0.2) is 3.77 Å². The molecule has 1 aromatic rings. The summed E-state index contributed by atoms with van der Waals surface area (Å²) < 4.78 is 6.23. The first-order valence-electron chi connectivity index (χ1n) is 6.27. The van der Waals surface area contributed by atoms with Gasteiger partial charge < -0.3 is 9.32 Å². The third-order valence-electron chi connectivity index (χ3n) is 3.16. The molecule has 1 aliphatic rings. The molecule has 0 saturated carbocycles. The highest BCUT2D eigenvalue weighted by Crippen LogP contribution is 2.21. The second kappa shape index (κ2) is 5.91. The van der Waals surface area contributed by atoms with Crippen LogP contribution in [0, 0.1) is 15.6 Å². The zero-order chi connectivity index (χ0) is 13.1. The van der Waals surface area contributed by atoms with Crippen molar-refractivity contribution in [3.63, 3.8) is 0 Å². The van der Waals surface area contributed by atoms with Crippen LogP contribution in [0.25, 0.3) is 6.08 Å². The van der Waals surface area contributed by atoms with Crippen molar-refractivity contribution in [1.82, 2.24) is 4.90 Å². The standard InChI is InChI=1S/C14H18INO2/c1-10-7-11(2)9-16(8-10)14(17)6-4-12-3-5-13(15)18-12/h3-6,10-11H,7-9H2,1-2H3/b6-4+. The lowest BCUT2D eigenvalue weighted by Gasteiger charge is -2.34. The minimum absolute atomic E-state index is 0.0832. The van der Waals surface area contributed by atoms with E-state index in [1.165, 1.54) is 6.42 Å². The van der Waals surface area contributed by atoms with Crippen LogP contribution in [0.1, 0.15) is 26.0 Å². The SMILES string of the molecule is CC1CC(C)CN(C(=O)/C=C/c2ccc(I)o2)C1. The molecule has 1 saturated heterocycles. The predicted octanol–water partition coefficient (Wildman–Crippen LogP) is 3.40. The molecule has 0 aliphatic carbocycles. The summed E-state index contributed by atoms with van der Waals surface area (Å²) in [6, 6.07) is 3.75. The molecule has 0 N–H and O–H groups in total. The van der Waals surface area contributed by atoms with Crippen molar-refractivity contribution in [3.8, 4) is 0 Å². The molecule has 4 heteroatoms. The van der Waals surface area contributed by atoms with Crippen molar-refractivity contribution >= 4 is 34.6 Å². The lowest BCUT2D eigenvalue weighted by molar-refractivity contribution is -0.128. The van der Waals surface area contributed by atoms with Crippen LogP contribution < -0.4 is 0 Å². The van der Waals surface area contributed by atoms with E-state index < -0.39 is 0 Å². The van der Waals surface area contributed by atoms with Gasteiger partial charge in [-0.25, -0.2) is 0 Å². The molecule has 1 amide bonds. The first-order valence-corrected chi connectivity index (χ1v) is 7.35. The van der Waals surface area contributed by atoms with Crippen LogP contribution in [0.5, 0.6) is 0 Å². The topological polar surface area (TPSA) is 33.5 Å². The number of likely N-dealkylation sites (tertiary alicyclic amines) is 1. The summed E-state index contributed by atoms with van der Waals surface area (Å²) >= 11 is 2.11.